The summed E-state index contributed by atoms with van der Waals surface area (Å²) in [6.07, 6.45) is 5.42. The monoisotopic (exact) mass is 314 g/mol. The molecule has 3 rings (SSSR count). The van der Waals surface area contributed by atoms with Crippen LogP contribution in [0.1, 0.15) is 54.1 Å². The van der Waals surface area contributed by atoms with E-state index in [0.717, 1.165) is 49.2 Å². The third kappa shape index (κ3) is 3.05. The van der Waals surface area contributed by atoms with E-state index in [9.17, 15) is 9.59 Å². The van der Waals surface area contributed by atoms with Crippen molar-refractivity contribution < 1.29 is 9.59 Å². The number of aryl methyl sites for hydroxylation is 1. The summed E-state index contributed by atoms with van der Waals surface area (Å²) in [5.41, 5.74) is 4.09. The van der Waals surface area contributed by atoms with Gasteiger partial charge in [-0.15, -0.1) is 0 Å². The zero-order valence-corrected chi connectivity index (χ0v) is 14.2. The number of ketones is 1. The molecule has 4 nitrogen and oxygen atoms in total. The fraction of sp³-hybridized carbons (Fsp3) is 0.579. The summed E-state index contributed by atoms with van der Waals surface area (Å²) in [7, 11) is 1.81. The molecule has 1 aromatic carbocycles. The first kappa shape index (κ1) is 16.2. The molecule has 1 aromatic rings. The molecule has 4 heteroatoms. The molecule has 1 aliphatic carbocycles. The predicted octanol–water partition coefficient (Wildman–Crippen LogP) is 2.73. The Bertz CT molecular complexity index is 624. The summed E-state index contributed by atoms with van der Waals surface area (Å²) < 4.78 is 0. The van der Waals surface area contributed by atoms with Gasteiger partial charge in [-0.2, -0.15) is 0 Å². The van der Waals surface area contributed by atoms with E-state index in [4.69, 9.17) is 0 Å². The Balaban J connectivity index is 1.83. The number of anilines is 1. The lowest BCUT2D eigenvalue weighted by Gasteiger charge is -2.32. The van der Waals surface area contributed by atoms with Crippen molar-refractivity contribution in [1.82, 2.24) is 5.32 Å². The van der Waals surface area contributed by atoms with Gasteiger partial charge in [0.05, 0.1) is 0 Å². The summed E-state index contributed by atoms with van der Waals surface area (Å²) >= 11 is 0. The Kier molecular flexibility index (Phi) is 4.81. The van der Waals surface area contributed by atoms with Crippen molar-refractivity contribution in [3.8, 4) is 0 Å². The second kappa shape index (κ2) is 6.83. The summed E-state index contributed by atoms with van der Waals surface area (Å²) in [6.45, 7) is 3.93. The molecular formula is C19H26N2O2. The molecule has 1 aliphatic heterocycles. The van der Waals surface area contributed by atoms with Crippen molar-refractivity contribution in [2.24, 2.45) is 5.92 Å². The Hall–Kier alpha value is -1.68. The highest BCUT2D eigenvalue weighted by atomic mass is 16.2. The molecule has 0 fully saturated rings. The van der Waals surface area contributed by atoms with Crippen LogP contribution in [-0.2, 0) is 17.6 Å². The van der Waals surface area contributed by atoms with E-state index in [1.807, 2.05) is 19.2 Å². The summed E-state index contributed by atoms with van der Waals surface area (Å²) in [4.78, 5) is 26.6. The molecule has 1 atom stereocenters. The van der Waals surface area contributed by atoms with E-state index in [0.29, 0.717) is 12.8 Å². The third-order valence-electron chi connectivity index (χ3n) is 5.18. The number of hydrogen-bond donors (Lipinski definition) is 1. The third-order valence-corrected chi connectivity index (χ3v) is 5.18. The lowest BCUT2D eigenvalue weighted by atomic mass is 9.78. The number of benzene rings is 1. The van der Waals surface area contributed by atoms with Gasteiger partial charge < -0.3 is 10.2 Å². The molecule has 0 saturated heterocycles. The lowest BCUT2D eigenvalue weighted by molar-refractivity contribution is -0.118. The minimum atomic E-state index is 0.0776. The van der Waals surface area contributed by atoms with E-state index < -0.39 is 0 Å². The van der Waals surface area contributed by atoms with Crippen LogP contribution < -0.4 is 10.2 Å². The predicted molar refractivity (Wildman–Crippen MR) is 92.1 cm³/mol. The molecular weight excluding hydrogens is 288 g/mol. The SMILES string of the molecule is CCCCNCC1CCc2ccc3c(c2C1=O)CCC(=O)N3C. The number of rotatable bonds is 5. The van der Waals surface area contributed by atoms with Crippen LogP contribution in [0.25, 0.3) is 0 Å². The summed E-state index contributed by atoms with van der Waals surface area (Å²) in [6, 6.07) is 4.06. The van der Waals surface area contributed by atoms with Gasteiger partial charge in [-0.25, -0.2) is 0 Å². The highest BCUT2D eigenvalue weighted by molar-refractivity contribution is 6.05. The number of carbonyl (C=O) groups excluding carboxylic acids is 2. The van der Waals surface area contributed by atoms with Crippen LogP contribution in [0, 0.1) is 5.92 Å². The van der Waals surface area contributed by atoms with Crippen molar-refractivity contribution in [3.05, 3.63) is 28.8 Å². The van der Waals surface area contributed by atoms with E-state index in [-0.39, 0.29) is 17.6 Å². The van der Waals surface area contributed by atoms with Crippen LogP contribution in [-0.4, -0.2) is 31.8 Å². The van der Waals surface area contributed by atoms with Gasteiger partial charge >= 0.3 is 0 Å². The largest absolute Gasteiger partial charge is 0.316 e. The maximum Gasteiger partial charge on any atom is 0.227 e. The molecule has 0 radical (unpaired) electrons. The van der Waals surface area contributed by atoms with E-state index in [1.54, 1.807) is 4.90 Å². The van der Waals surface area contributed by atoms with Crippen molar-refractivity contribution in [1.29, 1.82) is 0 Å². The molecule has 0 saturated carbocycles. The van der Waals surface area contributed by atoms with Gasteiger partial charge in [-0.05, 0) is 49.4 Å². The molecule has 0 aromatic heterocycles. The minimum absolute atomic E-state index is 0.0776. The first-order chi connectivity index (χ1) is 11.1. The number of carbonyl (C=O) groups is 2. The molecule has 2 aliphatic rings. The molecule has 23 heavy (non-hydrogen) atoms. The zero-order valence-electron chi connectivity index (χ0n) is 14.2. The van der Waals surface area contributed by atoms with Crippen molar-refractivity contribution in [2.45, 2.75) is 45.4 Å². The average Bonchev–Trinajstić information content (AvgIpc) is 2.56. The molecule has 1 amide bonds. The number of nitrogens with one attached hydrogen (secondary N) is 1. The average molecular weight is 314 g/mol. The van der Waals surface area contributed by atoms with Gasteiger partial charge in [0.15, 0.2) is 5.78 Å². The van der Waals surface area contributed by atoms with Crippen LogP contribution in [0.2, 0.25) is 0 Å². The Morgan fingerprint density at radius 3 is 2.83 bits per heavy atom. The Morgan fingerprint density at radius 1 is 1.22 bits per heavy atom. The maximum absolute atomic E-state index is 13.0. The van der Waals surface area contributed by atoms with Crippen LogP contribution >= 0.6 is 0 Å². The van der Waals surface area contributed by atoms with Gasteiger partial charge in [0.2, 0.25) is 5.91 Å². The van der Waals surface area contributed by atoms with Crippen LogP contribution in [0.4, 0.5) is 5.69 Å². The van der Waals surface area contributed by atoms with Crippen molar-refractivity contribution >= 4 is 17.4 Å². The van der Waals surface area contributed by atoms with E-state index in [2.05, 4.69) is 12.2 Å². The molecule has 1 unspecified atom stereocenters. The number of nitrogens with zero attached hydrogens (tertiary/aromatic N) is 1. The van der Waals surface area contributed by atoms with Gasteiger partial charge in [-0.1, -0.05) is 19.4 Å². The second-order valence-corrected chi connectivity index (χ2v) is 6.71. The van der Waals surface area contributed by atoms with E-state index >= 15 is 0 Å². The maximum atomic E-state index is 13.0. The standard InChI is InChI=1S/C19H26N2O2/c1-3-4-11-20-12-14-6-5-13-7-9-16-15(18(13)19(14)23)8-10-17(22)21(16)2/h7,9,14,20H,3-6,8,10-12H2,1-2H3. The molecule has 1 heterocycles. The van der Waals surface area contributed by atoms with E-state index in [1.165, 1.54) is 12.0 Å². The smallest absolute Gasteiger partial charge is 0.227 e. The van der Waals surface area contributed by atoms with Crippen molar-refractivity contribution in [2.75, 3.05) is 25.0 Å². The summed E-state index contributed by atoms with van der Waals surface area (Å²) in [5, 5.41) is 3.43. The Morgan fingerprint density at radius 2 is 2.04 bits per heavy atom. The van der Waals surface area contributed by atoms with Crippen LogP contribution in [0.5, 0.6) is 0 Å². The number of Topliss-reactive ketones (excluding diaryl/α,β-unsaturated/α-hetero) is 1. The normalized spacial score (nSPS) is 20.4. The van der Waals surface area contributed by atoms with Gasteiger partial charge in [0.25, 0.3) is 0 Å². The fourth-order valence-corrected chi connectivity index (χ4v) is 3.74. The lowest BCUT2D eigenvalue weighted by Crippen LogP contribution is -2.36. The topological polar surface area (TPSA) is 49.4 Å². The molecule has 124 valence electrons. The zero-order chi connectivity index (χ0) is 16.4. The van der Waals surface area contributed by atoms with Crippen molar-refractivity contribution in [3.63, 3.8) is 0 Å². The summed E-state index contributed by atoms with van der Waals surface area (Å²) in [5.74, 6) is 0.488. The number of fused-ring (bicyclic) bond motifs is 3. The van der Waals surface area contributed by atoms with Gasteiger partial charge in [0.1, 0.15) is 0 Å². The molecule has 1 N–H and O–H groups in total. The van der Waals surface area contributed by atoms with Crippen LogP contribution in [0.3, 0.4) is 0 Å². The first-order valence-electron chi connectivity index (χ1n) is 8.79. The fourth-order valence-electron chi connectivity index (χ4n) is 3.74. The van der Waals surface area contributed by atoms with Crippen LogP contribution in [0.15, 0.2) is 12.1 Å². The quantitative estimate of drug-likeness (QED) is 0.850. The second-order valence-electron chi connectivity index (χ2n) is 6.71. The number of unbranched alkanes of at least 4 members (excludes halogenated alkanes) is 1. The Labute approximate surface area is 138 Å². The molecule has 0 spiro atoms. The highest BCUT2D eigenvalue weighted by Crippen LogP contribution is 2.36. The highest BCUT2D eigenvalue weighted by Gasteiger charge is 2.33. The first-order valence-corrected chi connectivity index (χ1v) is 8.79. The number of hydrogen-bond acceptors (Lipinski definition) is 3. The number of amides is 1. The minimum Gasteiger partial charge on any atom is -0.316 e. The molecule has 0 bridgehead atoms. The van der Waals surface area contributed by atoms with Gasteiger partial charge in [0, 0.05) is 37.2 Å². The van der Waals surface area contributed by atoms with Gasteiger partial charge in [-0.3, -0.25) is 9.59 Å².